The number of halogens is 1. The first kappa shape index (κ1) is 25.3. The smallest absolute Gasteiger partial charge is 0.408 e. The lowest BCUT2D eigenvalue weighted by Gasteiger charge is -2.26. The number of likely N-dealkylation sites (N-methyl/N-ethyl adjacent to an activating group) is 1. The molecule has 2 aromatic carbocycles. The van der Waals surface area contributed by atoms with Crippen LogP contribution >= 0.6 is 15.9 Å². The normalized spacial score (nSPS) is 12.2. The average Bonchev–Trinajstić information content (AvgIpc) is 3.17. The zero-order valence-corrected chi connectivity index (χ0v) is 21.4. The van der Waals surface area contributed by atoms with Crippen molar-refractivity contribution in [1.29, 1.82) is 0 Å². The van der Waals surface area contributed by atoms with Gasteiger partial charge in [0.25, 0.3) is 5.91 Å². The Kier molecular flexibility index (Phi) is 7.66. The molecule has 0 aliphatic carbocycles. The Morgan fingerprint density at radius 3 is 2.53 bits per heavy atom. The van der Waals surface area contributed by atoms with Crippen LogP contribution < -0.4 is 15.5 Å². The van der Waals surface area contributed by atoms with Crippen molar-refractivity contribution in [2.45, 2.75) is 38.8 Å². The number of hydrogen-bond donors (Lipinski definition) is 2. The van der Waals surface area contributed by atoms with Gasteiger partial charge in [0, 0.05) is 41.6 Å². The zero-order valence-electron chi connectivity index (χ0n) is 19.8. The molecule has 0 aliphatic heterocycles. The van der Waals surface area contributed by atoms with E-state index in [2.05, 4.69) is 26.6 Å². The second kappa shape index (κ2) is 10.3. The first-order chi connectivity index (χ1) is 16.0. The maximum Gasteiger partial charge on any atom is 0.408 e. The number of rotatable bonds is 6. The summed E-state index contributed by atoms with van der Waals surface area (Å²) in [6.45, 7) is 5.24. The molecular weight excluding hydrogens is 502 g/mol. The molecule has 9 heteroatoms. The number of carbonyl (C=O) groups excluding carboxylic acids is 3. The van der Waals surface area contributed by atoms with Gasteiger partial charge in [-0.3, -0.25) is 9.59 Å². The van der Waals surface area contributed by atoms with E-state index < -0.39 is 17.7 Å². The van der Waals surface area contributed by atoms with Gasteiger partial charge in [0.05, 0.1) is 0 Å². The highest BCUT2D eigenvalue weighted by Gasteiger charge is 2.29. The Balaban J connectivity index is 1.89. The van der Waals surface area contributed by atoms with Crippen LogP contribution in [-0.2, 0) is 16.0 Å². The van der Waals surface area contributed by atoms with E-state index in [4.69, 9.17) is 9.15 Å². The number of anilines is 1. The number of carbonyl (C=O) groups is 3. The van der Waals surface area contributed by atoms with Crippen LogP contribution in [0.1, 0.15) is 36.9 Å². The summed E-state index contributed by atoms with van der Waals surface area (Å²) in [4.78, 5) is 39.4. The fourth-order valence-corrected chi connectivity index (χ4v) is 3.76. The van der Waals surface area contributed by atoms with Gasteiger partial charge >= 0.3 is 6.09 Å². The predicted octanol–water partition coefficient (Wildman–Crippen LogP) is 4.65. The van der Waals surface area contributed by atoms with E-state index in [0.29, 0.717) is 22.6 Å². The van der Waals surface area contributed by atoms with Gasteiger partial charge in [-0.05, 0) is 63.2 Å². The Morgan fingerprint density at radius 2 is 1.85 bits per heavy atom. The Hall–Kier alpha value is -3.33. The lowest BCUT2D eigenvalue weighted by Crippen LogP contribution is -2.50. The van der Waals surface area contributed by atoms with Crippen molar-refractivity contribution >= 4 is 50.5 Å². The molecule has 3 amide bonds. The molecule has 0 fully saturated rings. The van der Waals surface area contributed by atoms with Gasteiger partial charge in [0.15, 0.2) is 0 Å². The Bertz CT molecular complexity index is 1210. The number of fused-ring (bicyclic) bond motifs is 1. The third-order valence-electron chi connectivity index (χ3n) is 4.98. The van der Waals surface area contributed by atoms with E-state index in [9.17, 15) is 14.4 Å². The molecule has 0 bridgehead atoms. The van der Waals surface area contributed by atoms with Crippen molar-refractivity contribution in [3.8, 4) is 0 Å². The van der Waals surface area contributed by atoms with Gasteiger partial charge in [0.1, 0.15) is 23.0 Å². The highest BCUT2D eigenvalue weighted by atomic mass is 79.9. The summed E-state index contributed by atoms with van der Waals surface area (Å²) >= 11 is 3.44. The maximum absolute atomic E-state index is 13.5. The summed E-state index contributed by atoms with van der Waals surface area (Å²) in [6, 6.07) is 13.2. The summed E-state index contributed by atoms with van der Waals surface area (Å²) in [7, 11) is 3.13. The predicted molar refractivity (Wildman–Crippen MR) is 134 cm³/mol. The molecule has 0 saturated heterocycles. The number of nitrogens with zero attached hydrogens (tertiary/aromatic N) is 1. The quantitative estimate of drug-likeness (QED) is 0.483. The second-order valence-corrected chi connectivity index (χ2v) is 9.74. The SMILES string of the molecule is CNC(=O)c1cccc(N(C)C(=O)C(Cc2cc3cc(Br)ccc3o2)NC(=O)OC(C)(C)C)c1. The minimum absolute atomic E-state index is 0.115. The summed E-state index contributed by atoms with van der Waals surface area (Å²) < 4.78 is 12.2. The van der Waals surface area contributed by atoms with Crippen LogP contribution in [0.5, 0.6) is 0 Å². The molecule has 1 atom stereocenters. The minimum atomic E-state index is -0.965. The van der Waals surface area contributed by atoms with E-state index in [1.165, 1.54) is 11.9 Å². The third-order valence-corrected chi connectivity index (χ3v) is 5.47. The number of nitrogens with one attached hydrogen (secondary N) is 2. The highest BCUT2D eigenvalue weighted by Crippen LogP contribution is 2.25. The number of benzene rings is 2. The van der Waals surface area contributed by atoms with Crippen molar-refractivity contribution in [3.63, 3.8) is 0 Å². The van der Waals surface area contributed by atoms with Gasteiger partial charge in [-0.1, -0.05) is 22.0 Å². The van der Waals surface area contributed by atoms with Crippen molar-refractivity contribution in [3.05, 3.63) is 64.3 Å². The standard InChI is InChI=1S/C25H28BrN3O5/c1-25(2,3)34-24(32)28-20(14-19-13-16-11-17(26)9-10-21(16)33-19)23(31)29(5)18-8-6-7-15(12-18)22(30)27-4/h6-13,20H,14H2,1-5H3,(H,27,30)(H,28,32). The molecule has 180 valence electrons. The van der Waals surface area contributed by atoms with E-state index in [1.54, 1.807) is 52.1 Å². The molecule has 1 heterocycles. The number of furan rings is 1. The molecule has 8 nitrogen and oxygen atoms in total. The van der Waals surface area contributed by atoms with Gasteiger partial charge < -0.3 is 24.7 Å². The lowest BCUT2D eigenvalue weighted by atomic mass is 10.1. The molecule has 0 saturated carbocycles. The highest BCUT2D eigenvalue weighted by molar-refractivity contribution is 9.10. The van der Waals surface area contributed by atoms with Crippen LogP contribution in [0.15, 0.2) is 57.4 Å². The molecular formula is C25H28BrN3O5. The average molecular weight is 530 g/mol. The first-order valence-corrected chi connectivity index (χ1v) is 11.5. The van der Waals surface area contributed by atoms with E-state index in [0.717, 1.165) is 9.86 Å². The largest absolute Gasteiger partial charge is 0.461 e. The van der Waals surface area contributed by atoms with Gasteiger partial charge in [-0.15, -0.1) is 0 Å². The van der Waals surface area contributed by atoms with Crippen LogP contribution in [0.4, 0.5) is 10.5 Å². The van der Waals surface area contributed by atoms with Gasteiger partial charge in [0.2, 0.25) is 5.91 Å². The molecule has 3 rings (SSSR count). The topological polar surface area (TPSA) is 101 Å². The first-order valence-electron chi connectivity index (χ1n) is 10.7. The number of amides is 3. The number of ether oxygens (including phenoxy) is 1. The summed E-state index contributed by atoms with van der Waals surface area (Å²) in [6.07, 6.45) is -0.596. The fourth-order valence-electron chi connectivity index (χ4n) is 3.38. The molecule has 3 aromatic rings. The number of alkyl carbamates (subject to hydrolysis) is 1. The summed E-state index contributed by atoms with van der Waals surface area (Å²) in [5, 5.41) is 6.12. The van der Waals surface area contributed by atoms with E-state index in [-0.39, 0.29) is 18.2 Å². The van der Waals surface area contributed by atoms with Crippen LogP contribution in [0.2, 0.25) is 0 Å². The number of hydrogen-bond acceptors (Lipinski definition) is 5. The van der Waals surface area contributed by atoms with Crippen molar-refractivity contribution in [2.24, 2.45) is 0 Å². The zero-order chi connectivity index (χ0) is 25.0. The summed E-state index contributed by atoms with van der Waals surface area (Å²) in [5.41, 5.74) is 0.875. The fraction of sp³-hybridized carbons (Fsp3) is 0.320. The van der Waals surface area contributed by atoms with Crippen LogP contribution in [-0.4, -0.2) is 43.6 Å². The second-order valence-electron chi connectivity index (χ2n) is 8.82. The van der Waals surface area contributed by atoms with Crippen molar-refractivity contribution in [1.82, 2.24) is 10.6 Å². The maximum atomic E-state index is 13.5. The van der Waals surface area contributed by atoms with E-state index >= 15 is 0 Å². The molecule has 34 heavy (non-hydrogen) atoms. The molecule has 0 aliphatic rings. The minimum Gasteiger partial charge on any atom is -0.461 e. The molecule has 1 unspecified atom stereocenters. The monoisotopic (exact) mass is 529 g/mol. The van der Waals surface area contributed by atoms with Crippen LogP contribution in [0.3, 0.4) is 0 Å². The lowest BCUT2D eigenvalue weighted by molar-refractivity contribution is -0.120. The Morgan fingerprint density at radius 1 is 1.12 bits per heavy atom. The van der Waals surface area contributed by atoms with E-state index in [1.807, 2.05) is 24.3 Å². The Labute approximate surface area is 206 Å². The third kappa shape index (κ3) is 6.38. The van der Waals surface area contributed by atoms with Crippen LogP contribution in [0.25, 0.3) is 11.0 Å². The summed E-state index contributed by atoms with van der Waals surface area (Å²) in [5.74, 6) is -0.115. The van der Waals surface area contributed by atoms with Crippen LogP contribution in [0, 0.1) is 0 Å². The van der Waals surface area contributed by atoms with Gasteiger partial charge in [-0.2, -0.15) is 0 Å². The molecule has 1 aromatic heterocycles. The molecule has 0 radical (unpaired) electrons. The van der Waals surface area contributed by atoms with Gasteiger partial charge in [-0.25, -0.2) is 4.79 Å². The van der Waals surface area contributed by atoms with Crippen molar-refractivity contribution in [2.75, 3.05) is 19.0 Å². The molecule has 2 N–H and O–H groups in total. The molecule has 0 spiro atoms. The van der Waals surface area contributed by atoms with Crippen molar-refractivity contribution < 1.29 is 23.5 Å².